The van der Waals surface area contributed by atoms with Gasteiger partial charge in [-0.2, -0.15) is 0 Å². The van der Waals surface area contributed by atoms with E-state index >= 15 is 0 Å². The predicted octanol–water partition coefficient (Wildman–Crippen LogP) is 1.50. The van der Waals surface area contributed by atoms with Gasteiger partial charge < -0.3 is 10.0 Å². The van der Waals surface area contributed by atoms with Gasteiger partial charge in [-0.25, -0.2) is 0 Å². The van der Waals surface area contributed by atoms with Gasteiger partial charge in [0.15, 0.2) is 0 Å². The van der Waals surface area contributed by atoms with Crippen LogP contribution in [-0.2, 0) is 21.3 Å². The minimum Gasteiger partial charge on any atom is -0.481 e. The van der Waals surface area contributed by atoms with Gasteiger partial charge >= 0.3 is 5.97 Å². The number of hydrogen-bond acceptors (Lipinski definition) is 3. The average Bonchev–Trinajstić information content (AvgIpc) is 2.81. The van der Waals surface area contributed by atoms with Crippen LogP contribution in [0.15, 0.2) is 24.3 Å². The molecule has 1 N–H and O–H groups in total. The molecule has 6 heteroatoms. The lowest BCUT2D eigenvalue weighted by Gasteiger charge is -2.20. The smallest absolute Gasteiger partial charge is 0.311 e. The maximum Gasteiger partial charge on any atom is 0.311 e. The molecule has 0 radical (unpaired) electrons. The summed E-state index contributed by atoms with van der Waals surface area (Å²) in [5.74, 6) is -0.620. The molecule has 0 saturated carbocycles. The van der Waals surface area contributed by atoms with E-state index in [1.54, 1.807) is 36.3 Å². The lowest BCUT2D eigenvalue weighted by atomic mass is 9.90. The lowest BCUT2D eigenvalue weighted by molar-refractivity contribution is -0.147. The largest absolute Gasteiger partial charge is 0.481 e. The first-order chi connectivity index (χ1) is 9.82. The molecule has 1 saturated heterocycles. The van der Waals surface area contributed by atoms with E-state index in [1.165, 1.54) is 0 Å². The third-order valence-corrected chi connectivity index (χ3v) is 4.56. The van der Waals surface area contributed by atoms with E-state index in [-0.39, 0.29) is 12.5 Å². The number of carboxylic acids is 1. The molecule has 5 nitrogen and oxygen atoms in total. The van der Waals surface area contributed by atoms with Crippen molar-refractivity contribution in [3.8, 4) is 0 Å². The van der Waals surface area contributed by atoms with E-state index in [0.29, 0.717) is 24.3 Å². The van der Waals surface area contributed by atoms with Crippen molar-refractivity contribution in [2.75, 3.05) is 19.3 Å². The van der Waals surface area contributed by atoms with Gasteiger partial charge in [0.25, 0.3) is 5.91 Å². The van der Waals surface area contributed by atoms with Crippen molar-refractivity contribution < 1.29 is 18.9 Å². The molecular weight excluding hydrogens is 290 g/mol. The Morgan fingerprint density at radius 2 is 2.14 bits per heavy atom. The molecule has 1 aromatic rings. The summed E-state index contributed by atoms with van der Waals surface area (Å²) in [6.45, 7) is 2.34. The highest BCUT2D eigenvalue weighted by molar-refractivity contribution is 7.83. The summed E-state index contributed by atoms with van der Waals surface area (Å²) in [4.78, 5) is 25.3. The zero-order valence-electron chi connectivity index (χ0n) is 12.2. The number of rotatable bonds is 4. The molecule has 21 heavy (non-hydrogen) atoms. The fourth-order valence-corrected chi connectivity index (χ4v) is 3.17. The zero-order chi connectivity index (χ0) is 15.6. The van der Waals surface area contributed by atoms with Crippen LogP contribution < -0.4 is 0 Å². The fourth-order valence-electron chi connectivity index (χ4n) is 2.52. The van der Waals surface area contributed by atoms with E-state index in [2.05, 4.69) is 0 Å². The van der Waals surface area contributed by atoms with Crippen LogP contribution in [0.2, 0.25) is 0 Å². The molecule has 0 bridgehead atoms. The number of benzene rings is 1. The standard InChI is InChI=1S/C15H19NO4S/c1-15(14(18)19)6-7-16(10-15)13(17)12-5-3-4-11(8-12)9-21(2)20/h3-5,8H,6-7,9-10H2,1-2H3,(H,18,19). The van der Waals surface area contributed by atoms with Crippen LogP contribution in [0.3, 0.4) is 0 Å². The van der Waals surface area contributed by atoms with Crippen molar-refractivity contribution in [3.63, 3.8) is 0 Å². The maximum atomic E-state index is 12.5. The number of likely N-dealkylation sites (tertiary alicyclic amines) is 1. The van der Waals surface area contributed by atoms with Crippen LogP contribution in [0.25, 0.3) is 0 Å². The molecule has 2 atom stereocenters. The third-order valence-electron chi connectivity index (χ3n) is 3.82. The number of hydrogen-bond donors (Lipinski definition) is 1. The molecule has 1 aliphatic heterocycles. The third kappa shape index (κ3) is 3.50. The molecule has 2 rings (SSSR count). The topological polar surface area (TPSA) is 74.7 Å². The molecule has 1 fully saturated rings. The zero-order valence-corrected chi connectivity index (χ0v) is 13.0. The van der Waals surface area contributed by atoms with Crippen LogP contribution in [-0.4, -0.2) is 45.4 Å². The van der Waals surface area contributed by atoms with Crippen LogP contribution >= 0.6 is 0 Å². The Hall–Kier alpha value is -1.69. The van der Waals surface area contributed by atoms with Crippen molar-refractivity contribution in [2.24, 2.45) is 5.41 Å². The minimum absolute atomic E-state index is 0.163. The minimum atomic E-state index is -0.961. The first kappa shape index (κ1) is 15.7. The Morgan fingerprint density at radius 1 is 1.43 bits per heavy atom. The Balaban J connectivity index is 2.14. The van der Waals surface area contributed by atoms with Crippen LogP contribution in [0.5, 0.6) is 0 Å². The molecule has 1 aliphatic rings. The van der Waals surface area contributed by atoms with E-state index in [4.69, 9.17) is 0 Å². The normalized spacial score (nSPS) is 23.0. The summed E-state index contributed by atoms with van der Waals surface area (Å²) in [6.07, 6.45) is 2.08. The lowest BCUT2D eigenvalue weighted by Crippen LogP contribution is -2.34. The molecule has 1 aromatic carbocycles. The molecule has 0 spiro atoms. The average molecular weight is 309 g/mol. The number of carbonyl (C=O) groups is 2. The van der Waals surface area contributed by atoms with E-state index in [0.717, 1.165) is 5.56 Å². The quantitative estimate of drug-likeness (QED) is 0.914. The van der Waals surface area contributed by atoms with E-state index < -0.39 is 22.2 Å². The van der Waals surface area contributed by atoms with Crippen molar-refractivity contribution in [1.29, 1.82) is 0 Å². The highest BCUT2D eigenvalue weighted by atomic mass is 32.2. The summed E-state index contributed by atoms with van der Waals surface area (Å²) in [6, 6.07) is 7.05. The van der Waals surface area contributed by atoms with Crippen LogP contribution in [0.4, 0.5) is 0 Å². The predicted molar refractivity (Wildman–Crippen MR) is 80.5 cm³/mol. The highest BCUT2D eigenvalue weighted by Crippen LogP contribution is 2.31. The van der Waals surface area contributed by atoms with Gasteiger partial charge in [0.1, 0.15) is 0 Å². The molecule has 114 valence electrons. The number of nitrogens with zero attached hydrogens (tertiary/aromatic N) is 1. The molecule has 2 unspecified atom stereocenters. The number of carbonyl (C=O) groups excluding carboxylic acids is 1. The van der Waals surface area contributed by atoms with Gasteiger partial charge in [0.2, 0.25) is 0 Å². The van der Waals surface area contributed by atoms with Crippen molar-refractivity contribution in [1.82, 2.24) is 4.90 Å². The first-order valence-electron chi connectivity index (χ1n) is 6.73. The second kappa shape index (κ2) is 5.97. The molecular formula is C15H19NO4S. The first-order valence-corrected chi connectivity index (χ1v) is 8.46. The van der Waals surface area contributed by atoms with Gasteiger partial charge in [-0.3, -0.25) is 13.8 Å². The number of carboxylic acid groups (broad SMARTS) is 1. The van der Waals surface area contributed by atoms with Gasteiger partial charge in [-0.05, 0) is 31.0 Å². The van der Waals surface area contributed by atoms with E-state index in [1.807, 2.05) is 6.07 Å². The summed E-state index contributed by atoms with van der Waals surface area (Å²) >= 11 is 0. The van der Waals surface area contributed by atoms with Crippen LogP contribution in [0, 0.1) is 5.41 Å². The Morgan fingerprint density at radius 3 is 2.71 bits per heavy atom. The van der Waals surface area contributed by atoms with Crippen molar-refractivity contribution in [2.45, 2.75) is 19.1 Å². The van der Waals surface area contributed by atoms with Crippen molar-refractivity contribution >= 4 is 22.7 Å². The maximum absolute atomic E-state index is 12.5. The highest BCUT2D eigenvalue weighted by Gasteiger charge is 2.42. The number of aliphatic carboxylic acids is 1. The Labute approximate surface area is 126 Å². The van der Waals surface area contributed by atoms with Gasteiger partial charge in [-0.15, -0.1) is 0 Å². The summed E-state index contributed by atoms with van der Waals surface area (Å²) in [5.41, 5.74) is 0.507. The molecule has 0 aromatic heterocycles. The molecule has 1 heterocycles. The Bertz CT molecular complexity index is 601. The van der Waals surface area contributed by atoms with Crippen LogP contribution in [0.1, 0.15) is 29.3 Å². The van der Waals surface area contributed by atoms with Gasteiger partial charge in [-0.1, -0.05) is 12.1 Å². The summed E-state index contributed by atoms with van der Waals surface area (Å²) < 4.78 is 11.3. The van der Waals surface area contributed by atoms with Gasteiger partial charge in [0.05, 0.1) is 5.41 Å². The molecule has 0 aliphatic carbocycles. The summed E-state index contributed by atoms with van der Waals surface area (Å²) in [5, 5.41) is 9.21. The van der Waals surface area contributed by atoms with E-state index in [9.17, 15) is 18.9 Å². The SMILES string of the molecule is CS(=O)Cc1cccc(C(=O)N2CCC(C)(C(=O)O)C2)c1. The molecule has 1 amide bonds. The second-order valence-corrected chi connectivity index (χ2v) is 7.20. The number of amides is 1. The van der Waals surface area contributed by atoms with Gasteiger partial charge in [0, 0.05) is 41.5 Å². The summed E-state index contributed by atoms with van der Waals surface area (Å²) in [7, 11) is -0.961. The van der Waals surface area contributed by atoms with Crippen molar-refractivity contribution in [3.05, 3.63) is 35.4 Å². The Kier molecular flexibility index (Phi) is 4.46. The monoisotopic (exact) mass is 309 g/mol. The second-order valence-electron chi connectivity index (χ2n) is 5.76. The fraction of sp³-hybridized carbons (Fsp3) is 0.467.